The Bertz CT molecular complexity index is 610. The molecule has 0 aliphatic heterocycles. The second kappa shape index (κ2) is 7.36. The molecule has 0 unspecified atom stereocenters. The van der Waals surface area contributed by atoms with E-state index in [-0.39, 0.29) is 0 Å². The predicted octanol–water partition coefficient (Wildman–Crippen LogP) is 5.30. The summed E-state index contributed by atoms with van der Waals surface area (Å²) in [7, 11) is 0. The first-order valence-corrected chi connectivity index (χ1v) is 8.66. The lowest BCUT2D eigenvalue weighted by molar-refractivity contribution is 0.632. The molecule has 112 valence electrons. The highest BCUT2D eigenvalue weighted by molar-refractivity contribution is 9.11. The summed E-state index contributed by atoms with van der Waals surface area (Å²) < 4.78 is 2.02. The zero-order valence-electron chi connectivity index (χ0n) is 12.5. The molecule has 0 amide bonds. The third-order valence-corrected chi connectivity index (χ3v) is 4.33. The van der Waals surface area contributed by atoms with Gasteiger partial charge in [0.25, 0.3) is 0 Å². The largest absolute Gasteiger partial charge is 0.369 e. The zero-order valence-corrected chi connectivity index (χ0v) is 15.6. The van der Waals surface area contributed by atoms with Crippen LogP contribution in [-0.4, -0.2) is 16.5 Å². The van der Waals surface area contributed by atoms with E-state index in [0.717, 1.165) is 44.8 Å². The highest BCUT2D eigenvalue weighted by atomic mass is 79.9. The molecule has 0 aliphatic carbocycles. The average molecular weight is 413 g/mol. The molecule has 0 saturated carbocycles. The number of nitrogens with zero attached hydrogens (tertiary/aromatic N) is 2. The van der Waals surface area contributed by atoms with Crippen LogP contribution in [0.15, 0.2) is 33.2 Å². The lowest BCUT2D eigenvalue weighted by Crippen LogP contribution is -2.08. The lowest BCUT2D eigenvalue weighted by atomic mass is 10.1. The fourth-order valence-electron chi connectivity index (χ4n) is 2.03. The van der Waals surface area contributed by atoms with Crippen molar-refractivity contribution < 1.29 is 0 Å². The molecule has 0 radical (unpaired) electrons. The molecule has 0 spiro atoms. The molecule has 1 aromatic heterocycles. The molecule has 1 aromatic carbocycles. The van der Waals surface area contributed by atoms with Gasteiger partial charge in [0, 0.05) is 16.6 Å². The third-order valence-electron chi connectivity index (χ3n) is 2.97. The van der Waals surface area contributed by atoms with Crippen LogP contribution in [0.3, 0.4) is 0 Å². The van der Waals surface area contributed by atoms with E-state index in [1.807, 2.05) is 24.3 Å². The maximum absolute atomic E-state index is 4.74. The summed E-state index contributed by atoms with van der Waals surface area (Å²) in [5, 5.41) is 3.30. The molecule has 1 heterocycles. The Morgan fingerprint density at radius 1 is 1.10 bits per heavy atom. The number of anilines is 1. The van der Waals surface area contributed by atoms with E-state index in [1.165, 1.54) is 0 Å². The molecular formula is C16H19Br2N3. The van der Waals surface area contributed by atoms with Crippen LogP contribution in [0.25, 0.3) is 11.4 Å². The summed E-state index contributed by atoms with van der Waals surface area (Å²) in [5.41, 5.74) is 2.07. The van der Waals surface area contributed by atoms with Gasteiger partial charge in [0.15, 0.2) is 5.82 Å². The van der Waals surface area contributed by atoms with Crippen molar-refractivity contribution in [1.29, 1.82) is 0 Å². The van der Waals surface area contributed by atoms with Gasteiger partial charge in [-0.15, -0.1) is 0 Å². The minimum Gasteiger partial charge on any atom is -0.369 e. The third kappa shape index (κ3) is 4.27. The van der Waals surface area contributed by atoms with E-state index in [1.54, 1.807) is 0 Å². The molecule has 21 heavy (non-hydrogen) atoms. The minimum absolute atomic E-state index is 0.545. The molecule has 0 fully saturated rings. The van der Waals surface area contributed by atoms with Crippen LogP contribution in [-0.2, 0) is 6.42 Å². The molecule has 1 N–H and O–H groups in total. The van der Waals surface area contributed by atoms with Gasteiger partial charge in [0.05, 0.1) is 10.2 Å². The highest BCUT2D eigenvalue weighted by Gasteiger charge is 2.14. The zero-order chi connectivity index (χ0) is 15.4. The Kier molecular flexibility index (Phi) is 5.76. The maximum Gasteiger partial charge on any atom is 0.161 e. The molecule has 0 saturated heterocycles. The van der Waals surface area contributed by atoms with Gasteiger partial charge < -0.3 is 5.32 Å². The Morgan fingerprint density at radius 3 is 2.33 bits per heavy atom. The van der Waals surface area contributed by atoms with Crippen molar-refractivity contribution in [3.8, 4) is 11.4 Å². The van der Waals surface area contributed by atoms with E-state index in [9.17, 15) is 0 Å². The molecule has 5 heteroatoms. The highest BCUT2D eigenvalue weighted by Crippen LogP contribution is 2.29. The van der Waals surface area contributed by atoms with Gasteiger partial charge in [-0.05, 0) is 47.3 Å². The van der Waals surface area contributed by atoms with Gasteiger partial charge in [-0.1, -0.05) is 41.9 Å². The minimum atomic E-state index is 0.545. The predicted molar refractivity (Wildman–Crippen MR) is 95.6 cm³/mol. The molecular weight excluding hydrogens is 394 g/mol. The second-order valence-corrected chi connectivity index (χ2v) is 7.00. The van der Waals surface area contributed by atoms with Crippen LogP contribution in [0.2, 0.25) is 0 Å². The van der Waals surface area contributed by atoms with Crippen molar-refractivity contribution in [1.82, 2.24) is 9.97 Å². The molecule has 2 rings (SSSR count). The first-order valence-electron chi connectivity index (χ1n) is 7.07. The summed E-state index contributed by atoms with van der Waals surface area (Å²) in [6.45, 7) is 7.29. The van der Waals surface area contributed by atoms with Gasteiger partial charge >= 0.3 is 0 Å². The van der Waals surface area contributed by atoms with Crippen LogP contribution < -0.4 is 5.32 Å². The number of nitrogens with one attached hydrogen (secondary N) is 1. The molecule has 0 atom stereocenters. The van der Waals surface area contributed by atoms with E-state index in [0.29, 0.717) is 5.92 Å². The van der Waals surface area contributed by atoms with Crippen LogP contribution >= 0.6 is 31.9 Å². The fourth-order valence-corrected chi connectivity index (χ4v) is 2.77. The van der Waals surface area contributed by atoms with Gasteiger partial charge in [0.1, 0.15) is 5.82 Å². The molecule has 3 nitrogen and oxygen atoms in total. The first kappa shape index (κ1) is 16.4. The number of aromatic nitrogens is 2. The fraction of sp³-hybridized carbons (Fsp3) is 0.375. The topological polar surface area (TPSA) is 37.8 Å². The van der Waals surface area contributed by atoms with Crippen molar-refractivity contribution >= 4 is 37.7 Å². The number of rotatable bonds is 5. The van der Waals surface area contributed by atoms with Crippen LogP contribution in [0, 0.1) is 5.92 Å². The quantitative estimate of drug-likeness (QED) is 0.723. The Hall–Kier alpha value is -0.940. The van der Waals surface area contributed by atoms with E-state index >= 15 is 0 Å². The van der Waals surface area contributed by atoms with Gasteiger partial charge in [0.2, 0.25) is 0 Å². The standard InChI is InChI=1S/C16H19Br2N3/c1-4-19-16-14(18)13(9-10(2)3)20-15(21-16)11-5-7-12(17)8-6-11/h5-8,10H,4,9H2,1-3H3,(H,19,20,21). The Balaban J connectivity index is 2.49. The number of benzene rings is 1. The average Bonchev–Trinajstić information content (AvgIpc) is 2.43. The van der Waals surface area contributed by atoms with Crippen molar-refractivity contribution in [3.63, 3.8) is 0 Å². The van der Waals surface area contributed by atoms with Crippen molar-refractivity contribution in [3.05, 3.63) is 38.9 Å². The van der Waals surface area contributed by atoms with Crippen LogP contribution in [0.1, 0.15) is 26.5 Å². The van der Waals surface area contributed by atoms with Crippen molar-refractivity contribution in [2.75, 3.05) is 11.9 Å². The van der Waals surface area contributed by atoms with E-state index in [4.69, 9.17) is 4.98 Å². The van der Waals surface area contributed by atoms with Gasteiger partial charge in [-0.3, -0.25) is 0 Å². The van der Waals surface area contributed by atoms with E-state index < -0.39 is 0 Å². The number of hydrogen-bond donors (Lipinski definition) is 1. The lowest BCUT2D eigenvalue weighted by Gasteiger charge is -2.13. The van der Waals surface area contributed by atoms with Gasteiger partial charge in [-0.2, -0.15) is 0 Å². The molecule has 0 aliphatic rings. The SMILES string of the molecule is CCNc1nc(-c2ccc(Br)cc2)nc(CC(C)C)c1Br. The monoisotopic (exact) mass is 411 g/mol. The van der Waals surface area contributed by atoms with E-state index in [2.05, 4.69) is 62.9 Å². The van der Waals surface area contributed by atoms with Gasteiger partial charge in [-0.25, -0.2) is 9.97 Å². The number of hydrogen-bond acceptors (Lipinski definition) is 3. The Morgan fingerprint density at radius 2 is 1.76 bits per heavy atom. The normalized spacial score (nSPS) is 11.0. The maximum atomic E-state index is 4.74. The van der Waals surface area contributed by atoms with Crippen LogP contribution in [0.4, 0.5) is 5.82 Å². The second-order valence-electron chi connectivity index (χ2n) is 5.29. The summed E-state index contributed by atoms with van der Waals surface area (Å²) in [6, 6.07) is 8.08. The summed E-state index contributed by atoms with van der Waals surface area (Å²) in [6.07, 6.45) is 0.922. The first-order chi connectivity index (χ1) is 10.0. The summed E-state index contributed by atoms with van der Waals surface area (Å²) in [5.74, 6) is 2.17. The smallest absolute Gasteiger partial charge is 0.161 e. The molecule has 0 bridgehead atoms. The summed E-state index contributed by atoms with van der Waals surface area (Å²) in [4.78, 5) is 9.39. The molecule has 2 aromatic rings. The van der Waals surface area contributed by atoms with Crippen LogP contribution in [0.5, 0.6) is 0 Å². The number of halogens is 2. The van der Waals surface area contributed by atoms with Crippen molar-refractivity contribution in [2.45, 2.75) is 27.2 Å². The Labute approximate surface area is 142 Å². The van der Waals surface area contributed by atoms with Crippen molar-refractivity contribution in [2.24, 2.45) is 5.92 Å². The summed E-state index contributed by atoms with van der Waals surface area (Å²) >= 11 is 7.09.